The van der Waals surface area contributed by atoms with Gasteiger partial charge in [-0.05, 0) is 37.8 Å². The fourth-order valence-electron chi connectivity index (χ4n) is 4.99. The molecule has 0 saturated heterocycles. The topological polar surface area (TPSA) is 281 Å². The van der Waals surface area contributed by atoms with Crippen LogP contribution in [-0.4, -0.2) is 98.6 Å². The van der Waals surface area contributed by atoms with Gasteiger partial charge in [-0.2, -0.15) is 36.3 Å². The van der Waals surface area contributed by atoms with E-state index in [4.69, 9.17) is 20.9 Å². The number of imidazole rings is 2. The van der Waals surface area contributed by atoms with Crippen LogP contribution in [0.15, 0.2) is 59.1 Å². The number of esters is 2. The molecule has 0 aromatic carbocycles. The Kier molecular flexibility index (Phi) is 16.5. The number of aryl methyl sites for hydroxylation is 4. The summed E-state index contributed by atoms with van der Waals surface area (Å²) in [4.78, 5) is 55.6. The number of carbonyl (C=O) groups excluding carboxylic acids is 2. The number of halogens is 6. The van der Waals surface area contributed by atoms with Crippen LogP contribution >= 0.6 is 0 Å². The fourth-order valence-corrected chi connectivity index (χ4v) is 4.99. The number of carbonyl (C=O) groups is 2. The minimum Gasteiger partial charge on any atom is -0.492 e. The van der Waals surface area contributed by atoms with Crippen LogP contribution in [0.4, 0.5) is 38.0 Å². The van der Waals surface area contributed by atoms with Crippen molar-refractivity contribution in [2.45, 2.75) is 76.8 Å². The Balaban J connectivity index is 1.17. The first-order valence-corrected chi connectivity index (χ1v) is 18.0. The monoisotopic (exact) mass is 854 g/mol. The molecule has 0 aliphatic heterocycles. The van der Waals surface area contributed by atoms with Crippen molar-refractivity contribution in [1.29, 1.82) is 0 Å². The second-order valence-corrected chi connectivity index (χ2v) is 12.5. The number of aromatic nitrogens is 8. The predicted molar refractivity (Wildman–Crippen MR) is 200 cm³/mol. The molecule has 4 aromatic rings. The van der Waals surface area contributed by atoms with Gasteiger partial charge >= 0.3 is 36.3 Å². The van der Waals surface area contributed by atoms with Gasteiger partial charge in [-0.25, -0.2) is 39.5 Å². The normalized spacial score (nSPS) is 12.5. The number of alkyl halides is 6. The Labute approximate surface area is 336 Å². The summed E-state index contributed by atoms with van der Waals surface area (Å²) >= 11 is 0. The summed E-state index contributed by atoms with van der Waals surface area (Å²) in [5, 5.41) is 24.8. The average molecular weight is 855 g/mol. The van der Waals surface area contributed by atoms with Gasteiger partial charge in [0.2, 0.25) is 11.8 Å². The van der Waals surface area contributed by atoms with Crippen molar-refractivity contribution in [3.8, 4) is 23.8 Å². The van der Waals surface area contributed by atoms with E-state index in [1.54, 1.807) is 0 Å². The minimum absolute atomic E-state index is 0.180. The maximum atomic E-state index is 12.5. The molecule has 324 valence electrons. The average Bonchev–Trinajstić information content (AvgIpc) is 3.70. The summed E-state index contributed by atoms with van der Waals surface area (Å²) in [6.45, 7) is -2.31. The lowest BCUT2D eigenvalue weighted by atomic mass is 10.2. The SMILES string of the molecule is NC(=NCC(F)(F)F)Nc1ccnc(CCCCCn2cc(O)nc2OC(=O)/C=C\C(=O)Oc2nc(O)cn2CCCCCc2nccc(NC(N)=NCC(F)(F)F)n2)n1. The number of unbranched alkanes of at least 4 members (excludes halogenated alkanes) is 4. The number of nitrogens with one attached hydrogen (secondary N) is 2. The van der Waals surface area contributed by atoms with Gasteiger partial charge in [0, 0.05) is 50.5 Å². The number of hydrogen-bond acceptors (Lipinski definition) is 14. The van der Waals surface area contributed by atoms with Crippen LogP contribution in [-0.2, 0) is 35.5 Å². The van der Waals surface area contributed by atoms with Crippen LogP contribution in [0, 0.1) is 0 Å². The second kappa shape index (κ2) is 21.7. The number of aliphatic imine (C=N–C) groups is 2. The molecular weight excluding hydrogens is 814 g/mol. The largest absolute Gasteiger partial charge is 0.492 e. The third-order valence-corrected chi connectivity index (χ3v) is 7.57. The van der Waals surface area contributed by atoms with E-state index < -0.39 is 61.1 Å². The van der Waals surface area contributed by atoms with E-state index in [9.17, 15) is 46.1 Å². The van der Waals surface area contributed by atoms with Crippen molar-refractivity contribution < 1.29 is 55.6 Å². The van der Waals surface area contributed by atoms with E-state index in [1.807, 2.05) is 0 Å². The van der Waals surface area contributed by atoms with Gasteiger partial charge in [0.15, 0.2) is 11.9 Å². The fraction of sp³-hybridized carbons (Fsp3) is 0.412. The van der Waals surface area contributed by atoms with Gasteiger partial charge in [0.25, 0.3) is 0 Å². The first kappa shape index (κ1) is 45.7. The Morgan fingerprint density at radius 2 is 1.07 bits per heavy atom. The van der Waals surface area contributed by atoms with Crippen LogP contribution in [0.25, 0.3) is 0 Å². The number of rotatable bonds is 20. The van der Waals surface area contributed by atoms with Crippen molar-refractivity contribution in [3.63, 3.8) is 0 Å². The Hall–Kier alpha value is -7.02. The Bertz CT molecular complexity index is 1990. The summed E-state index contributed by atoms with van der Waals surface area (Å²) in [5.74, 6) is -2.56. The van der Waals surface area contributed by atoms with E-state index in [0.29, 0.717) is 63.0 Å². The van der Waals surface area contributed by atoms with Crippen LogP contribution < -0.4 is 31.6 Å². The van der Waals surface area contributed by atoms with Crippen molar-refractivity contribution in [3.05, 3.63) is 60.7 Å². The second-order valence-electron chi connectivity index (χ2n) is 12.5. The first-order valence-electron chi connectivity index (χ1n) is 18.0. The van der Waals surface area contributed by atoms with E-state index >= 15 is 0 Å². The van der Waals surface area contributed by atoms with Gasteiger partial charge in [0.1, 0.15) is 36.4 Å². The molecule has 0 unspecified atom stereocenters. The van der Waals surface area contributed by atoms with E-state index in [1.165, 1.54) is 46.1 Å². The molecule has 0 saturated carbocycles. The molecule has 4 aromatic heterocycles. The molecule has 0 aliphatic rings. The lowest BCUT2D eigenvalue weighted by Gasteiger charge is -2.08. The number of anilines is 2. The molecule has 4 heterocycles. The predicted octanol–water partition coefficient (Wildman–Crippen LogP) is 3.54. The molecule has 0 aliphatic carbocycles. The molecule has 0 bridgehead atoms. The molecule has 20 nitrogen and oxygen atoms in total. The third-order valence-electron chi connectivity index (χ3n) is 7.57. The zero-order valence-electron chi connectivity index (χ0n) is 31.5. The van der Waals surface area contributed by atoms with E-state index in [0.717, 1.165) is 12.2 Å². The molecule has 8 N–H and O–H groups in total. The standard InChI is InChI=1S/C34H40F6N14O6/c35-33(36,37)19-45-29(41)49-23-11-13-43-21(47-23)7-3-1-5-15-53-17-25(55)51-31(53)59-27(57)9-10-28(58)60-32-52-26(56)18-54(32)16-6-2-4-8-22-44-14-12-24(48-22)50-30(42)46-20-34(38,39)40/h9-14,17-18,55-56H,1-8,15-16,19-20H2,(H3,41,43,45,47,49)(H3,42,44,46,48,50)/b10-9-. The summed E-state index contributed by atoms with van der Waals surface area (Å²) in [6.07, 6.45) is 2.33. The van der Waals surface area contributed by atoms with Crippen molar-refractivity contribution in [1.82, 2.24) is 39.0 Å². The molecule has 60 heavy (non-hydrogen) atoms. The molecule has 0 fully saturated rings. The van der Waals surface area contributed by atoms with Crippen LogP contribution in [0.5, 0.6) is 23.8 Å². The molecule has 0 spiro atoms. The third kappa shape index (κ3) is 17.2. The van der Waals surface area contributed by atoms with Gasteiger partial charge in [-0.3, -0.25) is 9.13 Å². The number of nitrogens with two attached hydrogens (primary N) is 2. The Morgan fingerprint density at radius 3 is 1.45 bits per heavy atom. The molecule has 0 amide bonds. The van der Waals surface area contributed by atoms with Crippen molar-refractivity contribution >= 4 is 35.5 Å². The highest BCUT2D eigenvalue weighted by molar-refractivity contribution is 5.93. The smallest absolute Gasteiger partial charge is 0.408 e. The summed E-state index contributed by atoms with van der Waals surface area (Å²) in [5.41, 5.74) is 11.0. The van der Waals surface area contributed by atoms with Gasteiger partial charge < -0.3 is 41.8 Å². The number of nitrogens with zero attached hydrogens (tertiary/aromatic N) is 10. The molecule has 0 atom stereocenters. The summed E-state index contributed by atoms with van der Waals surface area (Å²) in [6, 6.07) is 2.38. The van der Waals surface area contributed by atoms with Gasteiger partial charge in [-0.15, -0.1) is 0 Å². The zero-order chi connectivity index (χ0) is 43.7. The first-order chi connectivity index (χ1) is 28.4. The van der Waals surface area contributed by atoms with Gasteiger partial charge in [0.05, 0.1) is 12.4 Å². The number of guanidine groups is 2. The maximum absolute atomic E-state index is 12.5. The van der Waals surface area contributed by atoms with Crippen LogP contribution in [0.3, 0.4) is 0 Å². The number of hydrogen-bond donors (Lipinski definition) is 6. The molecule has 4 rings (SSSR count). The van der Waals surface area contributed by atoms with Crippen LogP contribution in [0.1, 0.15) is 50.2 Å². The van der Waals surface area contributed by atoms with Crippen molar-refractivity contribution in [2.75, 3.05) is 23.7 Å². The highest BCUT2D eigenvalue weighted by atomic mass is 19.4. The zero-order valence-corrected chi connectivity index (χ0v) is 31.5. The van der Waals surface area contributed by atoms with Gasteiger partial charge in [-0.1, -0.05) is 12.8 Å². The van der Waals surface area contributed by atoms with Crippen molar-refractivity contribution in [2.24, 2.45) is 21.5 Å². The number of aromatic hydroxyl groups is 2. The lowest BCUT2D eigenvalue weighted by Crippen LogP contribution is -2.26. The highest BCUT2D eigenvalue weighted by Crippen LogP contribution is 2.20. The summed E-state index contributed by atoms with van der Waals surface area (Å²) < 4.78 is 87.3. The molecule has 0 radical (unpaired) electrons. The van der Waals surface area contributed by atoms with E-state index in [2.05, 4.69) is 50.5 Å². The highest BCUT2D eigenvalue weighted by Gasteiger charge is 2.27. The Morgan fingerprint density at radius 1 is 0.667 bits per heavy atom. The molecule has 26 heteroatoms. The minimum atomic E-state index is -4.50. The number of ether oxygens (including phenoxy) is 2. The maximum Gasteiger partial charge on any atom is 0.408 e. The van der Waals surface area contributed by atoms with E-state index in [-0.39, 0.29) is 36.7 Å². The lowest BCUT2D eigenvalue weighted by molar-refractivity contribution is -0.132. The molecular formula is C34H40F6N14O6. The summed E-state index contributed by atoms with van der Waals surface area (Å²) in [7, 11) is 0. The van der Waals surface area contributed by atoms with Crippen LogP contribution in [0.2, 0.25) is 0 Å². The quantitative estimate of drug-likeness (QED) is 0.0185.